The number of hydrogen-bond donors (Lipinski definition) is 2. The monoisotopic (exact) mass is 230 g/mol. The fraction of sp³-hybridized carbons (Fsp3) is 0.800. The van der Waals surface area contributed by atoms with Crippen molar-refractivity contribution in [3.8, 4) is 0 Å². The third-order valence-electron chi connectivity index (χ3n) is 2.77. The average Bonchev–Trinajstić information content (AvgIpc) is 2.73. The minimum Gasteiger partial charge on any atom is -0.480 e. The summed E-state index contributed by atoms with van der Waals surface area (Å²) in [6.45, 7) is 2.86. The van der Waals surface area contributed by atoms with Gasteiger partial charge in [0.15, 0.2) is 0 Å². The van der Waals surface area contributed by atoms with E-state index in [1.165, 1.54) is 0 Å². The molecule has 0 aliphatic carbocycles. The third kappa shape index (κ3) is 3.10. The molecule has 16 heavy (non-hydrogen) atoms. The topological polar surface area (TPSA) is 78.9 Å². The molecule has 0 saturated carbocycles. The Morgan fingerprint density at radius 2 is 2.31 bits per heavy atom. The molecular weight excluding hydrogens is 212 g/mol. The maximum absolute atomic E-state index is 11.7. The second-order valence-corrected chi connectivity index (χ2v) is 3.84. The molecule has 6 nitrogen and oxygen atoms in total. The number of nitrogens with zero attached hydrogens (tertiary/aromatic N) is 1. The van der Waals surface area contributed by atoms with E-state index >= 15 is 0 Å². The Balaban J connectivity index is 2.43. The van der Waals surface area contributed by atoms with Crippen molar-refractivity contribution in [2.75, 3.05) is 20.2 Å². The zero-order valence-electron chi connectivity index (χ0n) is 9.60. The highest BCUT2D eigenvalue weighted by Gasteiger charge is 2.28. The molecule has 2 atom stereocenters. The highest BCUT2D eigenvalue weighted by molar-refractivity contribution is 5.82. The lowest BCUT2D eigenvalue weighted by molar-refractivity contribution is -0.139. The van der Waals surface area contributed by atoms with Crippen LogP contribution in [0.15, 0.2) is 0 Å². The van der Waals surface area contributed by atoms with Crippen molar-refractivity contribution in [2.45, 2.75) is 31.9 Å². The minimum absolute atomic E-state index is 0.0654. The molecule has 1 unspecified atom stereocenters. The van der Waals surface area contributed by atoms with Gasteiger partial charge in [0.05, 0.1) is 6.10 Å². The van der Waals surface area contributed by atoms with Gasteiger partial charge in [-0.25, -0.2) is 9.59 Å². The molecule has 1 heterocycles. The predicted octanol–water partition coefficient (Wildman–Crippen LogP) is 0.280. The second-order valence-electron chi connectivity index (χ2n) is 3.84. The van der Waals surface area contributed by atoms with Crippen LogP contribution >= 0.6 is 0 Å². The van der Waals surface area contributed by atoms with E-state index < -0.39 is 12.0 Å². The molecule has 0 aromatic carbocycles. The van der Waals surface area contributed by atoms with E-state index in [0.717, 1.165) is 6.42 Å². The van der Waals surface area contributed by atoms with Crippen LogP contribution in [-0.4, -0.2) is 54.4 Å². The van der Waals surface area contributed by atoms with E-state index in [1.807, 2.05) is 0 Å². The quantitative estimate of drug-likeness (QED) is 0.727. The van der Waals surface area contributed by atoms with Gasteiger partial charge in [-0.2, -0.15) is 0 Å². The summed E-state index contributed by atoms with van der Waals surface area (Å²) in [4.78, 5) is 24.0. The molecule has 0 radical (unpaired) electrons. The molecule has 1 rings (SSSR count). The van der Waals surface area contributed by atoms with E-state index in [-0.39, 0.29) is 12.1 Å². The number of carboxylic acids is 1. The van der Waals surface area contributed by atoms with Crippen LogP contribution in [0, 0.1) is 0 Å². The van der Waals surface area contributed by atoms with Crippen LogP contribution in [-0.2, 0) is 9.53 Å². The maximum atomic E-state index is 11.7. The Morgan fingerprint density at radius 1 is 1.62 bits per heavy atom. The average molecular weight is 230 g/mol. The van der Waals surface area contributed by atoms with Crippen molar-refractivity contribution in [1.82, 2.24) is 10.2 Å². The van der Waals surface area contributed by atoms with Crippen molar-refractivity contribution in [3.63, 3.8) is 0 Å². The van der Waals surface area contributed by atoms with Crippen LogP contribution in [0.1, 0.15) is 19.8 Å². The minimum atomic E-state index is -1.00. The maximum Gasteiger partial charge on any atom is 0.326 e. The van der Waals surface area contributed by atoms with E-state index in [4.69, 9.17) is 9.84 Å². The molecule has 1 aliphatic rings. The van der Waals surface area contributed by atoms with Crippen molar-refractivity contribution in [2.24, 2.45) is 0 Å². The fourth-order valence-electron chi connectivity index (χ4n) is 1.68. The highest BCUT2D eigenvalue weighted by atomic mass is 16.5. The molecule has 92 valence electrons. The summed E-state index contributed by atoms with van der Waals surface area (Å²) in [5.41, 5.74) is 0. The van der Waals surface area contributed by atoms with Gasteiger partial charge in [-0.05, 0) is 12.8 Å². The van der Waals surface area contributed by atoms with E-state index in [2.05, 4.69) is 5.32 Å². The van der Waals surface area contributed by atoms with Gasteiger partial charge in [-0.15, -0.1) is 0 Å². The highest BCUT2D eigenvalue weighted by Crippen LogP contribution is 2.11. The van der Waals surface area contributed by atoms with Gasteiger partial charge in [0.25, 0.3) is 0 Å². The molecule has 0 aromatic heterocycles. The van der Waals surface area contributed by atoms with E-state index in [0.29, 0.717) is 19.5 Å². The number of nitrogens with one attached hydrogen (secondary N) is 1. The number of ether oxygens (including phenoxy) is 1. The molecule has 0 aromatic rings. The Kier molecular flexibility index (Phi) is 4.54. The zero-order valence-corrected chi connectivity index (χ0v) is 9.60. The lowest BCUT2D eigenvalue weighted by Gasteiger charge is -2.20. The van der Waals surface area contributed by atoms with E-state index in [9.17, 15) is 9.59 Å². The second kappa shape index (κ2) is 5.69. The lowest BCUT2D eigenvalue weighted by atomic mass is 10.2. The molecule has 2 N–H and O–H groups in total. The van der Waals surface area contributed by atoms with Gasteiger partial charge in [0, 0.05) is 20.2 Å². The molecule has 1 aliphatic heterocycles. The van der Waals surface area contributed by atoms with Crippen LogP contribution in [0.5, 0.6) is 0 Å². The van der Waals surface area contributed by atoms with Crippen LogP contribution in [0.4, 0.5) is 4.79 Å². The number of likely N-dealkylation sites (tertiary alicyclic amines) is 1. The normalized spacial score (nSPS) is 21.9. The van der Waals surface area contributed by atoms with Crippen LogP contribution in [0.25, 0.3) is 0 Å². The number of carbonyl (C=O) groups excluding carboxylic acids is 1. The third-order valence-corrected chi connectivity index (χ3v) is 2.77. The zero-order chi connectivity index (χ0) is 12.1. The molecular formula is C10H18N2O4. The number of rotatable bonds is 4. The first kappa shape index (κ1) is 12.8. The molecule has 6 heteroatoms. The van der Waals surface area contributed by atoms with Crippen molar-refractivity contribution in [1.29, 1.82) is 0 Å². The largest absolute Gasteiger partial charge is 0.480 e. The first-order valence-corrected chi connectivity index (χ1v) is 5.39. The van der Waals surface area contributed by atoms with Gasteiger partial charge >= 0.3 is 12.0 Å². The van der Waals surface area contributed by atoms with Gasteiger partial charge in [-0.1, -0.05) is 6.92 Å². The van der Waals surface area contributed by atoms with E-state index in [1.54, 1.807) is 18.9 Å². The lowest BCUT2D eigenvalue weighted by Crippen LogP contribution is -2.47. The fourth-order valence-corrected chi connectivity index (χ4v) is 1.68. The molecule has 1 fully saturated rings. The Morgan fingerprint density at radius 3 is 2.75 bits per heavy atom. The number of aliphatic carboxylic acids is 1. The van der Waals surface area contributed by atoms with Gasteiger partial charge in [0.2, 0.25) is 0 Å². The smallest absolute Gasteiger partial charge is 0.326 e. The van der Waals surface area contributed by atoms with Crippen molar-refractivity contribution < 1.29 is 19.4 Å². The summed E-state index contributed by atoms with van der Waals surface area (Å²) in [5.74, 6) is -1.00. The van der Waals surface area contributed by atoms with Crippen LogP contribution in [0.2, 0.25) is 0 Å². The SMILES string of the molecule is CC[C@@H](NC(=O)N1CCC(OC)C1)C(=O)O. The summed E-state index contributed by atoms with van der Waals surface area (Å²) in [6.07, 6.45) is 1.24. The first-order valence-electron chi connectivity index (χ1n) is 5.39. The summed E-state index contributed by atoms with van der Waals surface area (Å²) >= 11 is 0. The standard InChI is InChI=1S/C10H18N2O4/c1-3-8(9(13)14)11-10(15)12-5-4-7(6-12)16-2/h7-8H,3-6H2,1-2H3,(H,11,15)(H,13,14)/t7?,8-/m1/s1. The van der Waals surface area contributed by atoms with Crippen LogP contribution < -0.4 is 5.32 Å². The molecule has 2 amide bonds. The summed E-state index contributed by atoms with van der Waals surface area (Å²) in [7, 11) is 1.61. The first-order chi connectivity index (χ1) is 7.58. The number of carbonyl (C=O) groups is 2. The van der Waals surface area contributed by atoms with Gasteiger partial charge in [-0.3, -0.25) is 0 Å². The van der Waals surface area contributed by atoms with Gasteiger partial charge in [0.1, 0.15) is 6.04 Å². The number of carboxylic acid groups (broad SMARTS) is 1. The number of hydrogen-bond acceptors (Lipinski definition) is 3. The summed E-state index contributed by atoms with van der Waals surface area (Å²) in [6, 6.07) is -1.14. The van der Waals surface area contributed by atoms with Crippen LogP contribution in [0.3, 0.4) is 0 Å². The van der Waals surface area contributed by atoms with Crippen molar-refractivity contribution >= 4 is 12.0 Å². The number of urea groups is 1. The number of methoxy groups -OCH3 is 1. The molecule has 0 spiro atoms. The summed E-state index contributed by atoms with van der Waals surface area (Å²) < 4.78 is 5.13. The molecule has 0 bridgehead atoms. The summed E-state index contributed by atoms with van der Waals surface area (Å²) in [5, 5.41) is 11.3. The Labute approximate surface area is 94.6 Å². The molecule has 1 saturated heterocycles. The predicted molar refractivity (Wildman–Crippen MR) is 57.2 cm³/mol. The van der Waals surface area contributed by atoms with Gasteiger partial charge < -0.3 is 20.1 Å². The Hall–Kier alpha value is -1.30. The van der Waals surface area contributed by atoms with Crippen molar-refractivity contribution in [3.05, 3.63) is 0 Å². The Bertz CT molecular complexity index is 270. The number of amides is 2.